The Bertz CT molecular complexity index is 1610. The molecule has 6 aromatic rings. The van der Waals surface area contributed by atoms with E-state index in [1.165, 1.54) is 24.3 Å². The van der Waals surface area contributed by atoms with Gasteiger partial charge in [0.1, 0.15) is 23.1 Å². The lowest BCUT2D eigenvalue weighted by atomic mass is 10.2. The first-order chi connectivity index (χ1) is 17.0. The Morgan fingerprint density at radius 3 is 1.69 bits per heavy atom. The Balaban J connectivity index is 0.000000145. The molecule has 174 valence electrons. The third-order valence-corrected chi connectivity index (χ3v) is 5.53. The zero-order valence-corrected chi connectivity index (χ0v) is 18.6. The third kappa shape index (κ3) is 4.29. The SMILES string of the molecule is COc1cccc2c1cnn2-c1ccc(F)cc1.Oc1cccc2c1cnn2-c1ccc(F)cc1. The molecule has 0 saturated heterocycles. The second kappa shape index (κ2) is 9.26. The Kier molecular flexibility index (Phi) is 5.85. The number of nitrogens with zero attached hydrogens (tertiary/aromatic N) is 4. The lowest BCUT2D eigenvalue weighted by Gasteiger charge is -2.04. The number of aromatic hydroxyl groups is 1. The van der Waals surface area contributed by atoms with E-state index in [1.54, 1.807) is 65.3 Å². The minimum atomic E-state index is -0.284. The average Bonchev–Trinajstić information content (AvgIpc) is 3.51. The van der Waals surface area contributed by atoms with Crippen molar-refractivity contribution in [3.05, 3.63) is 109 Å². The zero-order valence-electron chi connectivity index (χ0n) is 18.6. The molecule has 8 heteroatoms. The van der Waals surface area contributed by atoms with Crippen molar-refractivity contribution in [2.75, 3.05) is 7.11 Å². The molecule has 6 rings (SSSR count). The van der Waals surface area contributed by atoms with E-state index in [0.717, 1.165) is 33.5 Å². The highest BCUT2D eigenvalue weighted by atomic mass is 19.1. The highest BCUT2D eigenvalue weighted by molar-refractivity contribution is 5.87. The van der Waals surface area contributed by atoms with E-state index >= 15 is 0 Å². The molecule has 4 aromatic carbocycles. The summed E-state index contributed by atoms with van der Waals surface area (Å²) < 4.78 is 34.5. The maximum absolute atomic E-state index is 12.9. The van der Waals surface area contributed by atoms with Gasteiger partial charge in [0.05, 0.1) is 52.7 Å². The molecule has 0 radical (unpaired) electrons. The number of hydrogen-bond acceptors (Lipinski definition) is 4. The molecular weight excluding hydrogens is 450 g/mol. The number of rotatable bonds is 3. The Labute approximate surface area is 199 Å². The lowest BCUT2D eigenvalue weighted by Crippen LogP contribution is -1.95. The van der Waals surface area contributed by atoms with Crippen LogP contribution in [0, 0.1) is 11.6 Å². The fourth-order valence-electron chi connectivity index (χ4n) is 3.81. The molecular formula is C27H20F2N4O2. The van der Waals surface area contributed by atoms with Gasteiger partial charge < -0.3 is 9.84 Å². The number of aromatic nitrogens is 4. The van der Waals surface area contributed by atoms with E-state index in [0.29, 0.717) is 5.39 Å². The van der Waals surface area contributed by atoms with Crippen LogP contribution in [0.5, 0.6) is 11.5 Å². The molecule has 0 bridgehead atoms. The van der Waals surface area contributed by atoms with Gasteiger partial charge in [0.25, 0.3) is 0 Å². The molecule has 35 heavy (non-hydrogen) atoms. The Hall–Kier alpha value is -4.72. The summed E-state index contributed by atoms with van der Waals surface area (Å²) in [7, 11) is 1.63. The molecule has 2 aromatic heterocycles. The predicted octanol–water partition coefficient (Wildman–Crippen LogP) is 6.04. The minimum Gasteiger partial charge on any atom is -0.507 e. The summed E-state index contributed by atoms with van der Waals surface area (Å²) >= 11 is 0. The topological polar surface area (TPSA) is 65.1 Å². The minimum absolute atomic E-state index is 0.191. The smallest absolute Gasteiger partial charge is 0.129 e. The fraction of sp³-hybridized carbons (Fsp3) is 0.0370. The van der Waals surface area contributed by atoms with Gasteiger partial charge in [-0.05, 0) is 72.8 Å². The normalized spacial score (nSPS) is 10.8. The monoisotopic (exact) mass is 470 g/mol. The third-order valence-electron chi connectivity index (χ3n) is 5.53. The summed E-state index contributed by atoms with van der Waals surface area (Å²) in [6.45, 7) is 0. The summed E-state index contributed by atoms with van der Waals surface area (Å²) in [6, 6.07) is 23.2. The summed E-state index contributed by atoms with van der Waals surface area (Å²) in [5, 5.41) is 19.8. The number of halogens is 2. The standard InChI is InChI=1S/C14H11FN2O.C13H9FN2O/c1-18-14-4-2-3-13-12(14)9-16-17(13)11-7-5-10(15)6-8-11;14-9-4-6-10(7-5-9)16-12-2-1-3-13(17)11(12)8-15-16/h2-9H,1H3;1-8,17H. The number of benzene rings is 4. The first-order valence-corrected chi connectivity index (χ1v) is 10.7. The van der Waals surface area contributed by atoms with Gasteiger partial charge in [-0.15, -0.1) is 0 Å². The van der Waals surface area contributed by atoms with Crippen LogP contribution in [0.25, 0.3) is 33.2 Å². The highest BCUT2D eigenvalue weighted by Gasteiger charge is 2.09. The average molecular weight is 470 g/mol. The maximum Gasteiger partial charge on any atom is 0.129 e. The molecule has 0 amide bonds. The van der Waals surface area contributed by atoms with E-state index in [4.69, 9.17) is 4.74 Å². The number of methoxy groups -OCH3 is 1. The van der Waals surface area contributed by atoms with Gasteiger partial charge in [-0.1, -0.05) is 12.1 Å². The van der Waals surface area contributed by atoms with Crippen molar-refractivity contribution in [3.8, 4) is 22.9 Å². The summed E-state index contributed by atoms with van der Waals surface area (Å²) in [4.78, 5) is 0. The second-order valence-corrected chi connectivity index (χ2v) is 7.67. The van der Waals surface area contributed by atoms with Crippen molar-refractivity contribution >= 4 is 21.8 Å². The van der Waals surface area contributed by atoms with Gasteiger partial charge in [0, 0.05) is 0 Å². The van der Waals surface area contributed by atoms with Gasteiger partial charge in [0.15, 0.2) is 0 Å². The van der Waals surface area contributed by atoms with E-state index in [2.05, 4.69) is 10.2 Å². The van der Waals surface area contributed by atoms with Crippen molar-refractivity contribution < 1.29 is 18.6 Å². The van der Waals surface area contributed by atoms with Gasteiger partial charge in [-0.3, -0.25) is 0 Å². The molecule has 0 aliphatic rings. The first kappa shape index (κ1) is 22.1. The molecule has 2 heterocycles. The van der Waals surface area contributed by atoms with E-state index in [9.17, 15) is 13.9 Å². The maximum atomic E-state index is 12.9. The van der Waals surface area contributed by atoms with Crippen LogP contribution in [0.15, 0.2) is 97.3 Å². The predicted molar refractivity (Wildman–Crippen MR) is 130 cm³/mol. The van der Waals surface area contributed by atoms with Crippen LogP contribution >= 0.6 is 0 Å². The number of phenolic OH excluding ortho intramolecular Hbond substituents is 1. The summed E-state index contributed by atoms with van der Waals surface area (Å²) in [5.41, 5.74) is 3.30. The van der Waals surface area contributed by atoms with E-state index < -0.39 is 0 Å². The summed E-state index contributed by atoms with van der Waals surface area (Å²) in [5.74, 6) is 0.428. The number of ether oxygens (including phenoxy) is 1. The van der Waals surface area contributed by atoms with Gasteiger partial charge >= 0.3 is 0 Å². The van der Waals surface area contributed by atoms with Crippen LogP contribution in [0.2, 0.25) is 0 Å². The fourth-order valence-corrected chi connectivity index (χ4v) is 3.81. The van der Waals surface area contributed by atoms with Crippen molar-refractivity contribution in [3.63, 3.8) is 0 Å². The van der Waals surface area contributed by atoms with E-state index in [-0.39, 0.29) is 17.4 Å². The van der Waals surface area contributed by atoms with E-state index in [1.807, 2.05) is 24.3 Å². The van der Waals surface area contributed by atoms with Gasteiger partial charge in [-0.25, -0.2) is 18.1 Å². The molecule has 0 fully saturated rings. The molecule has 0 aliphatic carbocycles. The lowest BCUT2D eigenvalue weighted by molar-refractivity contribution is 0.420. The largest absolute Gasteiger partial charge is 0.507 e. The van der Waals surface area contributed by atoms with Crippen molar-refractivity contribution in [2.45, 2.75) is 0 Å². The number of phenols is 1. The van der Waals surface area contributed by atoms with Crippen LogP contribution in [0.4, 0.5) is 8.78 Å². The highest BCUT2D eigenvalue weighted by Crippen LogP contribution is 2.27. The van der Waals surface area contributed by atoms with Gasteiger partial charge in [0.2, 0.25) is 0 Å². The molecule has 0 unspecified atom stereocenters. The Morgan fingerprint density at radius 1 is 0.657 bits per heavy atom. The van der Waals surface area contributed by atoms with Crippen LogP contribution < -0.4 is 4.74 Å². The molecule has 1 N–H and O–H groups in total. The van der Waals surface area contributed by atoms with Crippen LogP contribution in [0.1, 0.15) is 0 Å². The molecule has 0 spiro atoms. The quantitative estimate of drug-likeness (QED) is 0.342. The molecule has 0 saturated carbocycles. The van der Waals surface area contributed by atoms with Crippen molar-refractivity contribution in [1.82, 2.24) is 19.6 Å². The Morgan fingerprint density at radius 2 is 1.14 bits per heavy atom. The summed E-state index contributed by atoms with van der Waals surface area (Å²) in [6.07, 6.45) is 3.34. The van der Waals surface area contributed by atoms with Crippen LogP contribution in [-0.2, 0) is 0 Å². The van der Waals surface area contributed by atoms with Gasteiger partial charge in [-0.2, -0.15) is 10.2 Å². The van der Waals surface area contributed by atoms with Crippen molar-refractivity contribution in [2.24, 2.45) is 0 Å². The first-order valence-electron chi connectivity index (χ1n) is 10.7. The molecule has 0 aliphatic heterocycles. The number of hydrogen-bond donors (Lipinski definition) is 1. The van der Waals surface area contributed by atoms with Crippen LogP contribution in [0.3, 0.4) is 0 Å². The van der Waals surface area contributed by atoms with Crippen LogP contribution in [-0.4, -0.2) is 31.8 Å². The second-order valence-electron chi connectivity index (χ2n) is 7.67. The number of fused-ring (bicyclic) bond motifs is 2. The molecule has 6 nitrogen and oxygen atoms in total. The zero-order chi connectivity index (χ0) is 24.4. The molecule has 0 atom stereocenters. The van der Waals surface area contributed by atoms with Crippen molar-refractivity contribution in [1.29, 1.82) is 0 Å².